The van der Waals surface area contributed by atoms with Crippen LogP contribution in [0, 0.1) is 6.92 Å². The normalized spacial score (nSPS) is 10.6. The molecule has 0 radical (unpaired) electrons. The second-order valence-electron chi connectivity index (χ2n) is 4.75. The minimum atomic E-state index is -0.452. The van der Waals surface area contributed by atoms with Gasteiger partial charge in [0.1, 0.15) is 5.75 Å². The highest BCUT2D eigenvalue weighted by atomic mass is 16.5. The smallest absolute Gasteiger partial charge is 0.336 e. The first-order chi connectivity index (χ1) is 10.0. The second-order valence-corrected chi connectivity index (χ2v) is 4.75. The largest absolute Gasteiger partial charge is 0.423 e. The summed E-state index contributed by atoms with van der Waals surface area (Å²) in [4.78, 5) is 22.9. The Bertz CT molecular complexity index is 682. The van der Waals surface area contributed by atoms with E-state index >= 15 is 0 Å². The van der Waals surface area contributed by atoms with E-state index in [9.17, 15) is 9.59 Å². The van der Waals surface area contributed by atoms with Gasteiger partial charge in [-0.2, -0.15) is 0 Å². The molecule has 0 amide bonds. The van der Waals surface area contributed by atoms with Crippen LogP contribution in [0.4, 0.5) is 0 Å². The standard InChI is InChI=1S/C18H16O3/c1-13-4-3-5-15(12-13)6-11-18(20)21-17-9-7-16(8-10-17)14(2)19/h3-12H,1-2H3/b11-6+. The Morgan fingerprint density at radius 3 is 2.38 bits per heavy atom. The van der Waals surface area contributed by atoms with Gasteiger partial charge in [0.25, 0.3) is 0 Å². The highest BCUT2D eigenvalue weighted by Gasteiger charge is 2.02. The Hall–Kier alpha value is -2.68. The lowest BCUT2D eigenvalue weighted by Gasteiger charge is -2.02. The van der Waals surface area contributed by atoms with Gasteiger partial charge < -0.3 is 4.74 Å². The molecule has 0 atom stereocenters. The van der Waals surface area contributed by atoms with E-state index in [1.807, 2.05) is 31.2 Å². The maximum Gasteiger partial charge on any atom is 0.336 e. The molecule has 0 aliphatic heterocycles. The molecule has 0 N–H and O–H groups in total. The number of rotatable bonds is 4. The molecule has 2 rings (SSSR count). The lowest BCUT2D eigenvalue weighted by Crippen LogP contribution is -2.03. The number of hydrogen-bond acceptors (Lipinski definition) is 3. The van der Waals surface area contributed by atoms with Crippen molar-refractivity contribution >= 4 is 17.8 Å². The Labute approximate surface area is 123 Å². The van der Waals surface area contributed by atoms with Crippen molar-refractivity contribution in [3.05, 3.63) is 71.3 Å². The van der Waals surface area contributed by atoms with E-state index in [1.165, 1.54) is 13.0 Å². The molecule has 0 aromatic heterocycles. The molecular weight excluding hydrogens is 264 g/mol. The van der Waals surface area contributed by atoms with E-state index in [0.717, 1.165) is 11.1 Å². The van der Waals surface area contributed by atoms with Crippen LogP contribution < -0.4 is 4.74 Å². The van der Waals surface area contributed by atoms with Crippen LogP contribution in [0.2, 0.25) is 0 Å². The molecule has 0 aliphatic rings. The van der Waals surface area contributed by atoms with Gasteiger partial charge in [-0.25, -0.2) is 4.79 Å². The molecule has 0 unspecified atom stereocenters. The summed E-state index contributed by atoms with van der Waals surface area (Å²) in [6, 6.07) is 14.3. The zero-order valence-corrected chi connectivity index (χ0v) is 12.0. The molecule has 0 fully saturated rings. The molecule has 2 aromatic carbocycles. The van der Waals surface area contributed by atoms with E-state index in [-0.39, 0.29) is 5.78 Å². The van der Waals surface area contributed by atoms with Crippen molar-refractivity contribution in [2.75, 3.05) is 0 Å². The van der Waals surface area contributed by atoms with E-state index in [4.69, 9.17) is 4.74 Å². The van der Waals surface area contributed by atoms with Crippen molar-refractivity contribution in [3.63, 3.8) is 0 Å². The average molecular weight is 280 g/mol. The molecule has 2 aromatic rings. The Kier molecular flexibility index (Phi) is 4.67. The molecule has 0 heterocycles. The number of esters is 1. The molecule has 0 bridgehead atoms. The van der Waals surface area contributed by atoms with Gasteiger partial charge in [0.15, 0.2) is 5.78 Å². The van der Waals surface area contributed by atoms with Gasteiger partial charge in [-0.05, 0) is 49.8 Å². The van der Waals surface area contributed by atoms with Gasteiger partial charge in [-0.1, -0.05) is 29.8 Å². The fraction of sp³-hybridized carbons (Fsp3) is 0.111. The summed E-state index contributed by atoms with van der Waals surface area (Å²) in [6.45, 7) is 3.48. The first-order valence-electron chi connectivity index (χ1n) is 6.62. The number of aryl methyl sites for hydroxylation is 1. The predicted octanol–water partition coefficient (Wildman–Crippen LogP) is 3.82. The van der Waals surface area contributed by atoms with Crippen LogP contribution in [-0.4, -0.2) is 11.8 Å². The zero-order chi connectivity index (χ0) is 15.2. The topological polar surface area (TPSA) is 43.4 Å². The molecule has 21 heavy (non-hydrogen) atoms. The average Bonchev–Trinajstić information content (AvgIpc) is 2.46. The predicted molar refractivity (Wildman–Crippen MR) is 82.3 cm³/mol. The van der Waals surface area contributed by atoms with Crippen LogP contribution >= 0.6 is 0 Å². The maximum atomic E-state index is 11.7. The summed E-state index contributed by atoms with van der Waals surface area (Å²) in [5.74, 6) is -0.0572. The molecule has 106 valence electrons. The van der Waals surface area contributed by atoms with Crippen LogP contribution in [0.3, 0.4) is 0 Å². The minimum Gasteiger partial charge on any atom is -0.423 e. The van der Waals surface area contributed by atoms with E-state index in [1.54, 1.807) is 30.3 Å². The highest BCUT2D eigenvalue weighted by molar-refractivity contribution is 5.94. The van der Waals surface area contributed by atoms with Crippen molar-refractivity contribution < 1.29 is 14.3 Å². The van der Waals surface area contributed by atoms with Crippen molar-refractivity contribution in [1.29, 1.82) is 0 Å². The van der Waals surface area contributed by atoms with E-state index < -0.39 is 5.97 Å². The summed E-state index contributed by atoms with van der Waals surface area (Å²) in [5, 5.41) is 0. The molecule has 0 saturated carbocycles. The van der Waals surface area contributed by atoms with Crippen molar-refractivity contribution in [1.82, 2.24) is 0 Å². The van der Waals surface area contributed by atoms with Crippen LogP contribution in [-0.2, 0) is 4.79 Å². The van der Waals surface area contributed by atoms with Gasteiger partial charge >= 0.3 is 5.97 Å². The van der Waals surface area contributed by atoms with E-state index in [2.05, 4.69) is 0 Å². The zero-order valence-electron chi connectivity index (χ0n) is 12.0. The molecule has 3 heteroatoms. The molecule has 0 spiro atoms. The lowest BCUT2D eigenvalue weighted by molar-refractivity contribution is -0.128. The summed E-state index contributed by atoms with van der Waals surface area (Å²) >= 11 is 0. The van der Waals surface area contributed by atoms with Crippen molar-refractivity contribution in [2.45, 2.75) is 13.8 Å². The first-order valence-corrected chi connectivity index (χ1v) is 6.62. The van der Waals surface area contributed by atoms with Crippen LogP contribution in [0.1, 0.15) is 28.4 Å². The molecular formula is C18H16O3. The number of Topliss-reactive ketones (excluding diaryl/α,β-unsaturated/α-hetero) is 1. The summed E-state index contributed by atoms with van der Waals surface area (Å²) in [6.07, 6.45) is 3.09. The Morgan fingerprint density at radius 2 is 1.76 bits per heavy atom. The monoisotopic (exact) mass is 280 g/mol. The van der Waals surface area contributed by atoms with Crippen LogP contribution in [0.15, 0.2) is 54.6 Å². The minimum absolute atomic E-state index is 0.0211. The molecule has 0 aliphatic carbocycles. The number of carbonyl (C=O) groups excluding carboxylic acids is 2. The third-order valence-corrected chi connectivity index (χ3v) is 2.93. The summed E-state index contributed by atoms with van der Waals surface area (Å²) in [5.41, 5.74) is 2.66. The molecule has 3 nitrogen and oxygen atoms in total. The maximum absolute atomic E-state index is 11.7. The Morgan fingerprint density at radius 1 is 1.05 bits per heavy atom. The second kappa shape index (κ2) is 6.66. The number of benzene rings is 2. The van der Waals surface area contributed by atoms with Gasteiger partial charge in [0.05, 0.1) is 0 Å². The number of ether oxygens (including phenoxy) is 1. The summed E-state index contributed by atoms with van der Waals surface area (Å²) in [7, 11) is 0. The fourth-order valence-corrected chi connectivity index (χ4v) is 1.85. The van der Waals surface area contributed by atoms with Crippen LogP contribution in [0.25, 0.3) is 6.08 Å². The van der Waals surface area contributed by atoms with Gasteiger partial charge in [-0.15, -0.1) is 0 Å². The van der Waals surface area contributed by atoms with Crippen LogP contribution in [0.5, 0.6) is 5.75 Å². The molecule has 0 saturated heterocycles. The number of carbonyl (C=O) groups is 2. The van der Waals surface area contributed by atoms with Gasteiger partial charge in [-0.3, -0.25) is 4.79 Å². The number of hydrogen-bond donors (Lipinski definition) is 0. The first kappa shape index (κ1) is 14.7. The highest BCUT2D eigenvalue weighted by Crippen LogP contribution is 2.13. The fourth-order valence-electron chi connectivity index (χ4n) is 1.85. The van der Waals surface area contributed by atoms with Crippen molar-refractivity contribution in [3.8, 4) is 5.75 Å². The number of ketones is 1. The van der Waals surface area contributed by atoms with Gasteiger partial charge in [0, 0.05) is 11.6 Å². The summed E-state index contributed by atoms with van der Waals surface area (Å²) < 4.78 is 5.16. The van der Waals surface area contributed by atoms with Crippen molar-refractivity contribution in [2.24, 2.45) is 0 Å². The van der Waals surface area contributed by atoms with E-state index in [0.29, 0.717) is 11.3 Å². The van der Waals surface area contributed by atoms with Gasteiger partial charge in [0.2, 0.25) is 0 Å². The SMILES string of the molecule is CC(=O)c1ccc(OC(=O)/C=C/c2cccc(C)c2)cc1. The third-order valence-electron chi connectivity index (χ3n) is 2.93. The Balaban J connectivity index is 1.99. The lowest BCUT2D eigenvalue weighted by atomic mass is 10.1. The quantitative estimate of drug-likeness (QED) is 0.370. The third kappa shape index (κ3) is 4.42.